The molecule has 0 heterocycles. The molecule has 0 bridgehead atoms. The van der Waals surface area contributed by atoms with Gasteiger partial charge in [-0.3, -0.25) is 14.9 Å². The van der Waals surface area contributed by atoms with Gasteiger partial charge in [0.1, 0.15) is 0 Å². The number of aryl methyl sites for hydroxylation is 2. The first-order valence-corrected chi connectivity index (χ1v) is 8.52. The molecule has 0 aliphatic heterocycles. The number of non-ortho nitro benzene ring substituents is 1. The third-order valence-electron chi connectivity index (χ3n) is 3.42. The van der Waals surface area contributed by atoms with Crippen molar-refractivity contribution in [3.8, 4) is 0 Å². The van der Waals surface area contributed by atoms with Crippen molar-refractivity contribution in [2.45, 2.75) is 30.9 Å². The molecule has 0 aromatic heterocycles. The summed E-state index contributed by atoms with van der Waals surface area (Å²) in [4.78, 5) is 23.7. The number of thioether (sulfide) groups is 1. The van der Waals surface area contributed by atoms with E-state index < -0.39 is 4.92 Å². The maximum Gasteiger partial charge on any atom is 0.271 e. The van der Waals surface area contributed by atoms with E-state index in [4.69, 9.17) is 11.6 Å². The van der Waals surface area contributed by atoms with Crippen LogP contribution in [-0.4, -0.2) is 16.1 Å². The number of amides is 1. The summed E-state index contributed by atoms with van der Waals surface area (Å²) in [6.07, 6.45) is 0. The summed E-state index contributed by atoms with van der Waals surface area (Å²) in [6, 6.07) is 10.00. The van der Waals surface area contributed by atoms with Gasteiger partial charge in [-0.05, 0) is 38.5 Å². The number of hydrogen-bond acceptors (Lipinski definition) is 4. The normalized spacial score (nSPS) is 11.8. The van der Waals surface area contributed by atoms with Gasteiger partial charge in [0.05, 0.1) is 20.9 Å². The van der Waals surface area contributed by atoms with Crippen LogP contribution in [0.1, 0.15) is 18.1 Å². The fraction of sp³-hybridized carbons (Fsp3) is 0.235. The Hall–Kier alpha value is -2.05. The molecule has 5 nitrogen and oxygen atoms in total. The molecule has 0 radical (unpaired) electrons. The number of carbonyl (C=O) groups excluding carboxylic acids is 1. The predicted octanol–water partition coefficient (Wildman–Crippen LogP) is 4.98. The van der Waals surface area contributed by atoms with Crippen molar-refractivity contribution in [1.82, 2.24) is 0 Å². The highest BCUT2D eigenvalue weighted by atomic mass is 35.5. The fourth-order valence-electron chi connectivity index (χ4n) is 2.13. The Kier molecular flexibility index (Phi) is 5.85. The van der Waals surface area contributed by atoms with Gasteiger partial charge in [-0.15, -0.1) is 11.8 Å². The third-order valence-corrected chi connectivity index (χ3v) is 5.03. The second kappa shape index (κ2) is 7.68. The molecular formula is C17H17ClN2O3S. The summed E-state index contributed by atoms with van der Waals surface area (Å²) >= 11 is 7.44. The monoisotopic (exact) mass is 364 g/mol. The van der Waals surface area contributed by atoms with E-state index in [1.54, 1.807) is 6.92 Å². The molecular weight excluding hydrogens is 348 g/mol. The smallest absolute Gasteiger partial charge is 0.271 e. The average Bonchev–Trinajstić information content (AvgIpc) is 2.51. The Morgan fingerprint density at radius 3 is 2.58 bits per heavy atom. The molecule has 2 aromatic rings. The van der Waals surface area contributed by atoms with Crippen molar-refractivity contribution in [1.29, 1.82) is 0 Å². The molecule has 2 aromatic carbocycles. The summed E-state index contributed by atoms with van der Waals surface area (Å²) in [5.74, 6) is -0.262. The van der Waals surface area contributed by atoms with Crippen molar-refractivity contribution in [3.63, 3.8) is 0 Å². The molecule has 2 rings (SSSR count). The highest BCUT2D eigenvalue weighted by Crippen LogP contribution is 2.30. The molecule has 0 aliphatic carbocycles. The van der Waals surface area contributed by atoms with E-state index in [1.807, 2.05) is 26.0 Å². The van der Waals surface area contributed by atoms with E-state index in [0.717, 1.165) is 16.0 Å². The zero-order valence-electron chi connectivity index (χ0n) is 13.5. The number of nitrogens with one attached hydrogen (secondary N) is 1. The van der Waals surface area contributed by atoms with Crippen LogP contribution in [-0.2, 0) is 4.79 Å². The summed E-state index contributed by atoms with van der Waals surface area (Å²) in [6.45, 7) is 5.80. The number of nitro benzene ring substituents is 1. The number of benzene rings is 2. The Morgan fingerprint density at radius 2 is 1.96 bits per heavy atom. The Balaban J connectivity index is 2.11. The SMILES string of the molecule is Cc1ccc(S[C@H](C)C(=O)Nc2cc([N+](=O)[O-])ccc2Cl)c(C)c1. The van der Waals surface area contributed by atoms with Gasteiger partial charge in [0.15, 0.2) is 0 Å². The third kappa shape index (κ3) is 4.49. The van der Waals surface area contributed by atoms with Gasteiger partial charge in [-0.2, -0.15) is 0 Å². The van der Waals surface area contributed by atoms with Gasteiger partial charge in [0.2, 0.25) is 5.91 Å². The lowest BCUT2D eigenvalue weighted by Crippen LogP contribution is -2.22. The average molecular weight is 365 g/mol. The Labute approximate surface area is 149 Å². The molecule has 126 valence electrons. The van der Waals surface area contributed by atoms with Crippen LogP contribution in [0.3, 0.4) is 0 Å². The number of anilines is 1. The largest absolute Gasteiger partial charge is 0.324 e. The Bertz CT molecular complexity index is 795. The highest BCUT2D eigenvalue weighted by Gasteiger charge is 2.18. The minimum absolute atomic E-state index is 0.121. The molecule has 7 heteroatoms. The number of hydrogen-bond donors (Lipinski definition) is 1. The van der Waals surface area contributed by atoms with Crippen molar-refractivity contribution in [2.24, 2.45) is 0 Å². The first kappa shape index (κ1) is 18.3. The summed E-state index contributed by atoms with van der Waals surface area (Å²) in [5.41, 5.74) is 2.39. The van der Waals surface area contributed by atoms with Crippen molar-refractivity contribution < 1.29 is 9.72 Å². The van der Waals surface area contributed by atoms with Crippen molar-refractivity contribution in [2.75, 3.05) is 5.32 Å². The maximum absolute atomic E-state index is 12.4. The molecule has 0 unspecified atom stereocenters. The lowest BCUT2D eigenvalue weighted by atomic mass is 10.2. The Morgan fingerprint density at radius 1 is 1.25 bits per heavy atom. The minimum Gasteiger partial charge on any atom is -0.324 e. The fourth-order valence-corrected chi connectivity index (χ4v) is 3.24. The van der Waals surface area contributed by atoms with Gasteiger partial charge >= 0.3 is 0 Å². The molecule has 1 atom stereocenters. The molecule has 0 aliphatic rings. The van der Waals surface area contributed by atoms with Crippen LogP contribution in [0, 0.1) is 24.0 Å². The first-order chi connectivity index (χ1) is 11.3. The number of carbonyl (C=O) groups is 1. The molecule has 1 N–H and O–H groups in total. The lowest BCUT2D eigenvalue weighted by Gasteiger charge is -2.14. The molecule has 0 fully saturated rings. The van der Waals surface area contributed by atoms with Crippen LogP contribution >= 0.6 is 23.4 Å². The van der Waals surface area contributed by atoms with E-state index in [0.29, 0.717) is 0 Å². The molecule has 0 spiro atoms. The van der Waals surface area contributed by atoms with Gasteiger partial charge in [-0.1, -0.05) is 29.3 Å². The van der Waals surface area contributed by atoms with Gasteiger partial charge in [-0.25, -0.2) is 0 Å². The van der Waals surface area contributed by atoms with Crippen LogP contribution in [0.5, 0.6) is 0 Å². The van der Waals surface area contributed by atoms with Crippen LogP contribution < -0.4 is 5.32 Å². The standard InChI is InChI=1S/C17H17ClN2O3S/c1-10-4-7-16(11(2)8-10)24-12(3)17(21)19-15-9-13(20(22)23)5-6-14(15)18/h4-9,12H,1-3H3,(H,19,21)/t12-/m1/s1. The minimum atomic E-state index is -0.528. The van der Waals surface area contributed by atoms with Crippen LogP contribution in [0.4, 0.5) is 11.4 Å². The van der Waals surface area contributed by atoms with E-state index in [1.165, 1.54) is 30.0 Å². The van der Waals surface area contributed by atoms with Gasteiger partial charge in [0.25, 0.3) is 5.69 Å². The highest BCUT2D eigenvalue weighted by molar-refractivity contribution is 8.00. The zero-order valence-corrected chi connectivity index (χ0v) is 15.1. The number of nitro groups is 1. The van der Waals surface area contributed by atoms with E-state index >= 15 is 0 Å². The predicted molar refractivity (Wildman–Crippen MR) is 98.0 cm³/mol. The molecule has 0 saturated carbocycles. The van der Waals surface area contributed by atoms with E-state index in [9.17, 15) is 14.9 Å². The van der Waals surface area contributed by atoms with Crippen LogP contribution in [0.25, 0.3) is 0 Å². The van der Waals surface area contributed by atoms with E-state index in [2.05, 4.69) is 11.4 Å². The lowest BCUT2D eigenvalue weighted by molar-refractivity contribution is -0.384. The topological polar surface area (TPSA) is 72.2 Å². The van der Waals surface area contributed by atoms with Crippen LogP contribution in [0.2, 0.25) is 5.02 Å². The molecule has 1 amide bonds. The second-order valence-electron chi connectivity index (χ2n) is 5.44. The zero-order chi connectivity index (χ0) is 17.9. The number of rotatable bonds is 5. The summed E-state index contributed by atoms with van der Waals surface area (Å²) in [7, 11) is 0. The van der Waals surface area contributed by atoms with Crippen molar-refractivity contribution >= 4 is 40.6 Å². The maximum atomic E-state index is 12.4. The van der Waals surface area contributed by atoms with Gasteiger partial charge in [0, 0.05) is 17.0 Å². The van der Waals surface area contributed by atoms with Crippen molar-refractivity contribution in [3.05, 3.63) is 62.7 Å². The molecule has 0 saturated heterocycles. The summed E-state index contributed by atoms with van der Waals surface area (Å²) < 4.78 is 0. The van der Waals surface area contributed by atoms with Crippen LogP contribution in [0.15, 0.2) is 41.3 Å². The van der Waals surface area contributed by atoms with Gasteiger partial charge < -0.3 is 5.32 Å². The second-order valence-corrected chi connectivity index (χ2v) is 7.23. The number of nitrogens with zero attached hydrogens (tertiary/aromatic N) is 1. The summed E-state index contributed by atoms with van der Waals surface area (Å²) in [5, 5.41) is 13.4. The van der Waals surface area contributed by atoms with E-state index in [-0.39, 0.29) is 27.6 Å². The number of halogens is 1. The quantitative estimate of drug-likeness (QED) is 0.461. The molecule has 24 heavy (non-hydrogen) atoms. The first-order valence-electron chi connectivity index (χ1n) is 7.26.